The lowest BCUT2D eigenvalue weighted by Crippen LogP contribution is -2.48. The number of rotatable bonds is 3. The molecular formula is C17H29ClN4O. The maximum absolute atomic E-state index is 12.5. The Bertz CT molecular complexity index is 516. The molecule has 1 aliphatic heterocycles. The summed E-state index contributed by atoms with van der Waals surface area (Å²) in [5.41, 5.74) is 0.477. The number of amides is 1. The van der Waals surface area contributed by atoms with Crippen molar-refractivity contribution < 1.29 is 4.79 Å². The van der Waals surface area contributed by atoms with Crippen molar-refractivity contribution >= 4 is 18.3 Å². The second-order valence-electron chi connectivity index (χ2n) is 7.38. The van der Waals surface area contributed by atoms with E-state index in [1.54, 1.807) is 0 Å². The molecule has 5 nitrogen and oxygen atoms in total. The highest BCUT2D eigenvalue weighted by atomic mass is 35.5. The summed E-state index contributed by atoms with van der Waals surface area (Å²) in [6, 6.07) is 2.22. The third kappa shape index (κ3) is 4.48. The summed E-state index contributed by atoms with van der Waals surface area (Å²) in [7, 11) is 0. The molecule has 3 rings (SSSR count). The molecule has 23 heavy (non-hydrogen) atoms. The first-order chi connectivity index (χ1) is 10.6. The smallest absolute Gasteiger partial charge is 0.272 e. The Morgan fingerprint density at radius 3 is 2.78 bits per heavy atom. The molecule has 2 heterocycles. The molecule has 2 aliphatic rings. The van der Waals surface area contributed by atoms with Gasteiger partial charge in [-0.3, -0.25) is 9.48 Å². The van der Waals surface area contributed by atoms with Crippen molar-refractivity contribution in [3.63, 3.8) is 0 Å². The van der Waals surface area contributed by atoms with Crippen LogP contribution in [0.15, 0.2) is 12.3 Å². The molecule has 1 atom stereocenters. The van der Waals surface area contributed by atoms with Gasteiger partial charge < -0.3 is 10.6 Å². The van der Waals surface area contributed by atoms with E-state index < -0.39 is 0 Å². The predicted molar refractivity (Wildman–Crippen MR) is 94.1 cm³/mol. The van der Waals surface area contributed by atoms with Crippen LogP contribution in [0.4, 0.5) is 0 Å². The topological polar surface area (TPSA) is 59.0 Å². The second-order valence-corrected chi connectivity index (χ2v) is 7.38. The second kappa shape index (κ2) is 7.67. The average Bonchev–Trinajstić information content (AvgIpc) is 3.01. The number of nitrogens with one attached hydrogen (secondary N) is 2. The van der Waals surface area contributed by atoms with E-state index >= 15 is 0 Å². The number of carbonyl (C=O) groups is 1. The van der Waals surface area contributed by atoms with Crippen LogP contribution in [-0.4, -0.2) is 34.3 Å². The van der Waals surface area contributed by atoms with Crippen LogP contribution in [0.2, 0.25) is 0 Å². The van der Waals surface area contributed by atoms with Crippen LogP contribution in [0.1, 0.15) is 68.9 Å². The third-order valence-corrected chi connectivity index (χ3v) is 5.28. The van der Waals surface area contributed by atoms with E-state index in [9.17, 15) is 4.79 Å². The molecule has 1 aromatic rings. The number of hydrogen-bond acceptors (Lipinski definition) is 3. The van der Waals surface area contributed by atoms with Crippen molar-refractivity contribution in [3.05, 3.63) is 18.0 Å². The molecule has 1 saturated carbocycles. The maximum atomic E-state index is 12.5. The van der Waals surface area contributed by atoms with E-state index in [-0.39, 0.29) is 23.9 Å². The fourth-order valence-corrected chi connectivity index (χ4v) is 3.58. The van der Waals surface area contributed by atoms with Crippen molar-refractivity contribution in [3.8, 4) is 0 Å². The van der Waals surface area contributed by atoms with Crippen LogP contribution in [0.25, 0.3) is 0 Å². The number of halogens is 1. The Balaban J connectivity index is 0.00000192. The van der Waals surface area contributed by atoms with Gasteiger partial charge in [0.2, 0.25) is 0 Å². The molecule has 6 heteroatoms. The summed E-state index contributed by atoms with van der Waals surface area (Å²) in [4.78, 5) is 12.5. The lowest BCUT2D eigenvalue weighted by Gasteiger charge is -2.36. The third-order valence-electron chi connectivity index (χ3n) is 5.28. The Hall–Kier alpha value is -1.07. The van der Waals surface area contributed by atoms with Crippen LogP contribution in [0.5, 0.6) is 0 Å². The van der Waals surface area contributed by atoms with Gasteiger partial charge in [0.25, 0.3) is 5.91 Å². The minimum absolute atomic E-state index is 0. The van der Waals surface area contributed by atoms with Gasteiger partial charge in [-0.1, -0.05) is 6.92 Å². The summed E-state index contributed by atoms with van der Waals surface area (Å²) >= 11 is 0. The molecule has 0 aromatic carbocycles. The SMILES string of the molecule is CC1CCC(C)(NC(=O)c2ccn(C3CCCNC3)n2)CC1.Cl. The molecule has 1 aliphatic carbocycles. The standard InChI is InChI=1S/C17H28N4O.ClH/c1-13-5-8-17(2,9-6-13)19-16(22)15-7-11-21(20-15)14-4-3-10-18-12-14;/h7,11,13-14,18H,3-6,8-10,12H2,1-2H3,(H,19,22);1H. The number of carbonyl (C=O) groups excluding carboxylic acids is 1. The fourth-order valence-electron chi connectivity index (χ4n) is 3.58. The summed E-state index contributed by atoms with van der Waals surface area (Å²) in [5.74, 6) is 0.752. The van der Waals surface area contributed by atoms with Crippen LogP contribution in [0, 0.1) is 5.92 Å². The molecule has 0 bridgehead atoms. The quantitative estimate of drug-likeness (QED) is 0.889. The van der Waals surface area contributed by atoms with E-state index in [4.69, 9.17) is 0 Å². The van der Waals surface area contributed by atoms with Gasteiger partial charge in [0.15, 0.2) is 0 Å². The zero-order valence-electron chi connectivity index (χ0n) is 14.2. The monoisotopic (exact) mass is 340 g/mol. The molecule has 0 radical (unpaired) electrons. The van der Waals surface area contributed by atoms with Crippen molar-refractivity contribution in [2.45, 2.75) is 64.0 Å². The Labute approximate surface area is 145 Å². The zero-order chi connectivity index (χ0) is 15.6. The number of aromatic nitrogens is 2. The highest BCUT2D eigenvalue weighted by Crippen LogP contribution is 2.31. The molecular weight excluding hydrogens is 312 g/mol. The Kier molecular flexibility index (Phi) is 6.09. The molecule has 2 N–H and O–H groups in total. The molecule has 1 unspecified atom stereocenters. The zero-order valence-corrected chi connectivity index (χ0v) is 15.0. The predicted octanol–water partition coefficient (Wildman–Crippen LogP) is 2.93. The fraction of sp³-hybridized carbons (Fsp3) is 0.765. The number of hydrogen-bond donors (Lipinski definition) is 2. The largest absolute Gasteiger partial charge is 0.345 e. The lowest BCUT2D eigenvalue weighted by atomic mass is 9.78. The normalized spacial score (nSPS) is 31.2. The van der Waals surface area contributed by atoms with Crippen molar-refractivity contribution in [1.82, 2.24) is 20.4 Å². The first kappa shape index (κ1) is 18.3. The maximum Gasteiger partial charge on any atom is 0.272 e. The van der Waals surface area contributed by atoms with Crippen molar-refractivity contribution in [1.29, 1.82) is 0 Å². The van der Waals surface area contributed by atoms with E-state index in [2.05, 4.69) is 29.6 Å². The molecule has 0 spiro atoms. The van der Waals surface area contributed by atoms with Crippen molar-refractivity contribution in [2.24, 2.45) is 5.92 Å². The Morgan fingerprint density at radius 2 is 2.13 bits per heavy atom. The summed E-state index contributed by atoms with van der Waals surface area (Å²) in [6.45, 7) is 6.49. The Morgan fingerprint density at radius 1 is 1.39 bits per heavy atom. The van der Waals surface area contributed by atoms with Gasteiger partial charge in [-0.15, -0.1) is 12.4 Å². The number of piperidine rings is 1. The minimum Gasteiger partial charge on any atom is -0.345 e. The van der Waals surface area contributed by atoms with Crippen molar-refractivity contribution in [2.75, 3.05) is 13.1 Å². The van der Waals surface area contributed by atoms with Gasteiger partial charge in [-0.25, -0.2) is 0 Å². The van der Waals surface area contributed by atoms with E-state index in [1.165, 1.54) is 19.3 Å². The summed E-state index contributed by atoms with van der Waals surface area (Å²) < 4.78 is 1.95. The van der Waals surface area contributed by atoms with E-state index in [0.29, 0.717) is 11.7 Å². The summed E-state index contributed by atoms with van der Waals surface area (Å²) in [5, 5.41) is 11.1. The van der Waals surface area contributed by atoms with E-state index in [1.807, 2.05) is 16.9 Å². The number of nitrogens with zero attached hydrogens (tertiary/aromatic N) is 2. The minimum atomic E-state index is -0.0697. The average molecular weight is 341 g/mol. The van der Waals surface area contributed by atoms with Gasteiger partial charge in [-0.2, -0.15) is 5.10 Å². The molecule has 1 amide bonds. The van der Waals surface area contributed by atoms with Gasteiger partial charge >= 0.3 is 0 Å². The first-order valence-corrected chi connectivity index (χ1v) is 8.64. The first-order valence-electron chi connectivity index (χ1n) is 8.64. The lowest BCUT2D eigenvalue weighted by molar-refractivity contribution is 0.0863. The van der Waals surface area contributed by atoms with Gasteiger partial charge in [0.05, 0.1) is 6.04 Å². The molecule has 1 saturated heterocycles. The van der Waals surface area contributed by atoms with Gasteiger partial charge in [-0.05, 0) is 64.0 Å². The van der Waals surface area contributed by atoms with Crippen LogP contribution in [0.3, 0.4) is 0 Å². The molecule has 130 valence electrons. The highest BCUT2D eigenvalue weighted by molar-refractivity contribution is 5.92. The van der Waals surface area contributed by atoms with Gasteiger partial charge in [0, 0.05) is 18.3 Å². The van der Waals surface area contributed by atoms with Crippen LogP contribution >= 0.6 is 12.4 Å². The summed E-state index contributed by atoms with van der Waals surface area (Å²) in [6.07, 6.45) is 8.75. The molecule has 2 fully saturated rings. The molecule has 1 aromatic heterocycles. The van der Waals surface area contributed by atoms with Gasteiger partial charge in [0.1, 0.15) is 5.69 Å². The highest BCUT2D eigenvalue weighted by Gasteiger charge is 2.31. The van der Waals surface area contributed by atoms with Crippen LogP contribution in [-0.2, 0) is 0 Å². The van der Waals surface area contributed by atoms with E-state index in [0.717, 1.165) is 38.3 Å². The van der Waals surface area contributed by atoms with Crippen LogP contribution < -0.4 is 10.6 Å².